The number of allylic oxidation sites excluding steroid dienone is 2. The van der Waals surface area contributed by atoms with Crippen LogP contribution >= 0.6 is 0 Å². The summed E-state index contributed by atoms with van der Waals surface area (Å²) in [7, 11) is 0. The first-order valence-electron chi connectivity index (χ1n) is 4.94. The van der Waals surface area contributed by atoms with Gasteiger partial charge in [-0.1, -0.05) is 25.5 Å². The zero-order valence-electron chi connectivity index (χ0n) is 7.93. The summed E-state index contributed by atoms with van der Waals surface area (Å²) in [5.41, 5.74) is 2.54. The van der Waals surface area contributed by atoms with Gasteiger partial charge in [0.2, 0.25) is 0 Å². The van der Waals surface area contributed by atoms with Crippen LogP contribution in [0.5, 0.6) is 0 Å². The van der Waals surface area contributed by atoms with Crippen molar-refractivity contribution < 1.29 is 0 Å². The zero-order valence-corrected chi connectivity index (χ0v) is 7.93. The predicted octanol–water partition coefficient (Wildman–Crippen LogP) is 3.02. The van der Waals surface area contributed by atoms with Crippen molar-refractivity contribution in [3.05, 3.63) is 11.6 Å². The summed E-state index contributed by atoms with van der Waals surface area (Å²) < 4.78 is 0. The van der Waals surface area contributed by atoms with Gasteiger partial charge < -0.3 is 5.41 Å². The third-order valence-corrected chi connectivity index (χ3v) is 3.30. The highest BCUT2D eigenvalue weighted by molar-refractivity contribution is 5.87. The summed E-state index contributed by atoms with van der Waals surface area (Å²) in [6.07, 6.45) is 6.21. The number of nitrogens with one attached hydrogen (secondary N) is 1. The highest BCUT2D eigenvalue weighted by Crippen LogP contribution is 2.40. The summed E-state index contributed by atoms with van der Waals surface area (Å²) in [6, 6.07) is 0. The monoisotopic (exact) mass is 163 g/mol. The Morgan fingerprint density at radius 2 is 2.00 bits per heavy atom. The van der Waals surface area contributed by atoms with Crippen molar-refractivity contribution in [2.75, 3.05) is 0 Å². The second-order valence-corrected chi connectivity index (χ2v) is 4.48. The molecule has 0 spiro atoms. The van der Waals surface area contributed by atoms with E-state index in [-0.39, 0.29) is 0 Å². The molecule has 1 saturated carbocycles. The fraction of sp³-hybridized carbons (Fsp3) is 0.727. The molecule has 0 aliphatic heterocycles. The molecule has 1 fully saturated rings. The molecule has 2 bridgehead atoms. The average molecular weight is 163 g/mol. The first-order valence-corrected chi connectivity index (χ1v) is 4.94. The van der Waals surface area contributed by atoms with Crippen molar-refractivity contribution in [1.82, 2.24) is 0 Å². The Morgan fingerprint density at radius 1 is 1.33 bits per heavy atom. The van der Waals surface area contributed by atoms with Gasteiger partial charge >= 0.3 is 0 Å². The fourth-order valence-corrected chi connectivity index (χ4v) is 2.50. The number of hydrogen-bond donors (Lipinski definition) is 1. The van der Waals surface area contributed by atoms with Crippen LogP contribution in [0, 0.1) is 23.2 Å². The molecule has 0 aromatic carbocycles. The van der Waals surface area contributed by atoms with Crippen LogP contribution in [-0.4, -0.2) is 5.71 Å². The van der Waals surface area contributed by atoms with Crippen LogP contribution in [0.15, 0.2) is 11.6 Å². The van der Waals surface area contributed by atoms with E-state index in [1.807, 2.05) is 0 Å². The lowest BCUT2D eigenvalue weighted by Crippen LogP contribution is -2.28. The minimum atomic E-state index is 0.399. The molecule has 0 aromatic heterocycles. The maximum absolute atomic E-state index is 7.90. The van der Waals surface area contributed by atoms with Crippen molar-refractivity contribution in [3.63, 3.8) is 0 Å². The smallest absolute Gasteiger partial charge is 0.0183 e. The molecule has 66 valence electrons. The molecule has 0 saturated heterocycles. The third-order valence-electron chi connectivity index (χ3n) is 3.30. The van der Waals surface area contributed by atoms with E-state index in [4.69, 9.17) is 5.41 Å². The van der Waals surface area contributed by atoms with Crippen molar-refractivity contribution in [2.45, 2.75) is 33.1 Å². The van der Waals surface area contributed by atoms with E-state index in [0.717, 1.165) is 11.6 Å². The SMILES string of the molecule is CC1C=C2CC(C2)CC(C)C1=N. The van der Waals surface area contributed by atoms with E-state index in [1.165, 1.54) is 19.3 Å². The maximum atomic E-state index is 7.90. The molecule has 0 aromatic rings. The number of hydrogen-bond acceptors (Lipinski definition) is 1. The van der Waals surface area contributed by atoms with E-state index in [9.17, 15) is 0 Å². The predicted molar refractivity (Wildman–Crippen MR) is 51.5 cm³/mol. The van der Waals surface area contributed by atoms with Gasteiger partial charge in [0, 0.05) is 11.6 Å². The van der Waals surface area contributed by atoms with Gasteiger partial charge in [0.05, 0.1) is 0 Å². The third kappa shape index (κ3) is 1.21. The molecule has 3 aliphatic carbocycles. The zero-order chi connectivity index (χ0) is 8.72. The van der Waals surface area contributed by atoms with Gasteiger partial charge in [-0.15, -0.1) is 0 Å². The molecule has 3 rings (SSSR count). The summed E-state index contributed by atoms with van der Waals surface area (Å²) in [6.45, 7) is 4.36. The summed E-state index contributed by atoms with van der Waals surface area (Å²) >= 11 is 0. The van der Waals surface area contributed by atoms with Gasteiger partial charge in [-0.2, -0.15) is 0 Å². The molecule has 1 N–H and O–H groups in total. The molecule has 3 aliphatic rings. The van der Waals surface area contributed by atoms with Gasteiger partial charge in [-0.3, -0.25) is 0 Å². The van der Waals surface area contributed by atoms with E-state index in [1.54, 1.807) is 5.57 Å². The number of fused-ring (bicyclic) bond motifs is 4. The average Bonchev–Trinajstić information content (AvgIpc) is 1.96. The molecule has 0 heterocycles. The number of rotatable bonds is 0. The van der Waals surface area contributed by atoms with Crippen LogP contribution < -0.4 is 0 Å². The van der Waals surface area contributed by atoms with Gasteiger partial charge in [0.25, 0.3) is 0 Å². The second kappa shape index (κ2) is 2.72. The Labute approximate surface area is 74.4 Å². The molecule has 0 amide bonds. The van der Waals surface area contributed by atoms with Crippen molar-refractivity contribution in [1.29, 1.82) is 5.41 Å². The molecule has 1 heteroatoms. The first kappa shape index (κ1) is 8.03. The lowest BCUT2D eigenvalue weighted by atomic mass is 9.70. The fourth-order valence-electron chi connectivity index (χ4n) is 2.50. The lowest BCUT2D eigenvalue weighted by Gasteiger charge is -2.36. The lowest BCUT2D eigenvalue weighted by molar-refractivity contribution is 0.349. The van der Waals surface area contributed by atoms with Crippen LogP contribution in [0.25, 0.3) is 0 Å². The van der Waals surface area contributed by atoms with Gasteiger partial charge in [-0.05, 0) is 31.1 Å². The van der Waals surface area contributed by atoms with E-state index < -0.39 is 0 Å². The summed E-state index contributed by atoms with van der Waals surface area (Å²) in [5.74, 6) is 1.82. The minimum absolute atomic E-state index is 0.399. The topological polar surface area (TPSA) is 23.9 Å². The summed E-state index contributed by atoms with van der Waals surface area (Å²) in [4.78, 5) is 0. The van der Waals surface area contributed by atoms with E-state index >= 15 is 0 Å². The Balaban J connectivity index is 2.20. The largest absolute Gasteiger partial charge is 0.309 e. The highest BCUT2D eigenvalue weighted by atomic mass is 14.5. The van der Waals surface area contributed by atoms with Crippen LogP contribution in [0.4, 0.5) is 0 Å². The Kier molecular flexibility index (Phi) is 1.82. The van der Waals surface area contributed by atoms with E-state index in [2.05, 4.69) is 19.9 Å². The van der Waals surface area contributed by atoms with Crippen LogP contribution in [0.3, 0.4) is 0 Å². The molecule has 0 radical (unpaired) electrons. The maximum Gasteiger partial charge on any atom is 0.0183 e. The summed E-state index contributed by atoms with van der Waals surface area (Å²) in [5, 5.41) is 7.90. The standard InChI is InChI=1S/C11H17N/c1-7-3-9-5-10(6-9)4-8(2)11(7)12/h3,7-8,10,12H,4-6H2,1-2H3. The molecule has 2 atom stereocenters. The van der Waals surface area contributed by atoms with Gasteiger partial charge in [0.15, 0.2) is 0 Å². The van der Waals surface area contributed by atoms with Crippen molar-refractivity contribution in [3.8, 4) is 0 Å². The second-order valence-electron chi connectivity index (χ2n) is 4.48. The van der Waals surface area contributed by atoms with Crippen LogP contribution in [0.2, 0.25) is 0 Å². The Bertz CT molecular complexity index is 231. The van der Waals surface area contributed by atoms with Crippen molar-refractivity contribution in [2.24, 2.45) is 17.8 Å². The Hall–Kier alpha value is -0.590. The van der Waals surface area contributed by atoms with E-state index in [0.29, 0.717) is 11.8 Å². The first-order chi connectivity index (χ1) is 5.66. The quantitative estimate of drug-likeness (QED) is 0.531. The molecule has 1 nitrogen and oxygen atoms in total. The highest BCUT2D eigenvalue weighted by Gasteiger charge is 2.30. The minimum Gasteiger partial charge on any atom is -0.309 e. The van der Waals surface area contributed by atoms with Gasteiger partial charge in [-0.25, -0.2) is 0 Å². The van der Waals surface area contributed by atoms with Crippen LogP contribution in [-0.2, 0) is 0 Å². The van der Waals surface area contributed by atoms with Crippen molar-refractivity contribution >= 4 is 5.71 Å². The molecular formula is C11H17N. The normalized spacial score (nSPS) is 41.0. The van der Waals surface area contributed by atoms with Gasteiger partial charge in [0.1, 0.15) is 0 Å². The molecular weight excluding hydrogens is 146 g/mol. The van der Waals surface area contributed by atoms with Crippen LogP contribution in [0.1, 0.15) is 33.1 Å². The molecule has 12 heavy (non-hydrogen) atoms. The Morgan fingerprint density at radius 3 is 2.67 bits per heavy atom. The molecule has 2 unspecified atom stereocenters.